The number of halogens is 1. The van der Waals surface area contributed by atoms with Gasteiger partial charge in [-0.25, -0.2) is 17.6 Å². The van der Waals surface area contributed by atoms with Crippen LogP contribution in [-0.4, -0.2) is 129 Å². The Morgan fingerprint density at radius 2 is 1.34 bits per heavy atom. The van der Waals surface area contributed by atoms with Crippen molar-refractivity contribution in [2.75, 3.05) is 96.8 Å². The number of carboxylic acids is 1. The fourth-order valence-electron chi connectivity index (χ4n) is 6.18. The maximum Gasteiger partial charge on any atom is 0.371 e. The average molecular weight is 871 g/mol. The standard InChI is InChI=1S/C43H51FN2O14S/c1-45-42(49)40-35-25-34(30-7-8-30)36(26-39(35)60-41(40)32-9-11-33(44)12-10-32)46(61(2,52)53)13-14-54-15-16-55-17-18-56-19-20-57-21-22-58-23-24-59-28-29-3-5-31(6-4-29)37(47)27-38(48)43(50)51/h3-6,9-12,25-27,30,48H,7-8,13-24,28H2,1-2H3,(H,45,49)(H,50,51)/b38-27-. The Morgan fingerprint density at radius 1 is 0.803 bits per heavy atom. The number of nitrogens with zero attached hydrogens (tertiary/aromatic N) is 1. The first-order chi connectivity index (χ1) is 29.4. The highest BCUT2D eigenvalue weighted by Gasteiger charge is 2.33. The SMILES string of the molecule is CNC(=O)c1c(-c2ccc(F)cc2)oc2cc(N(CCOCCOCCOCCOCCOCCOCc3ccc(C(=O)/C=C(\O)C(=O)O)cc3)S(C)(=O)=O)c(C3CC3)cc12. The summed E-state index contributed by atoms with van der Waals surface area (Å²) in [6, 6.07) is 15.5. The van der Waals surface area contributed by atoms with E-state index in [1.807, 2.05) is 6.07 Å². The van der Waals surface area contributed by atoms with Gasteiger partial charge in [0.1, 0.15) is 17.2 Å². The van der Waals surface area contributed by atoms with E-state index in [4.69, 9.17) is 37.9 Å². The topological polar surface area (TPSA) is 210 Å². The van der Waals surface area contributed by atoms with E-state index in [0.29, 0.717) is 93.3 Å². The number of carbonyl (C=O) groups is 3. The van der Waals surface area contributed by atoms with Crippen molar-refractivity contribution < 1.29 is 70.2 Å². The van der Waals surface area contributed by atoms with Crippen LogP contribution >= 0.6 is 0 Å². The summed E-state index contributed by atoms with van der Waals surface area (Å²) in [5.74, 6) is -3.63. The Morgan fingerprint density at radius 3 is 1.85 bits per heavy atom. The van der Waals surface area contributed by atoms with Gasteiger partial charge in [0, 0.05) is 35.7 Å². The van der Waals surface area contributed by atoms with Gasteiger partial charge in [0.15, 0.2) is 5.78 Å². The zero-order chi connectivity index (χ0) is 43.8. The number of nitrogens with one attached hydrogen (secondary N) is 1. The van der Waals surface area contributed by atoms with Crippen molar-refractivity contribution in [3.8, 4) is 11.3 Å². The van der Waals surface area contributed by atoms with Crippen LogP contribution in [0.15, 0.2) is 76.9 Å². The molecule has 1 fully saturated rings. The van der Waals surface area contributed by atoms with E-state index in [1.54, 1.807) is 18.2 Å². The molecule has 0 saturated heterocycles. The van der Waals surface area contributed by atoms with E-state index in [1.165, 1.54) is 47.8 Å². The van der Waals surface area contributed by atoms with Gasteiger partial charge in [0.05, 0.1) is 103 Å². The zero-order valence-corrected chi connectivity index (χ0v) is 34.9. The van der Waals surface area contributed by atoms with Crippen LogP contribution in [0.25, 0.3) is 22.3 Å². The molecule has 1 heterocycles. The van der Waals surface area contributed by atoms with Crippen molar-refractivity contribution in [3.63, 3.8) is 0 Å². The average Bonchev–Trinajstić information content (AvgIpc) is 4.02. The molecule has 0 radical (unpaired) electrons. The highest BCUT2D eigenvalue weighted by molar-refractivity contribution is 7.92. The van der Waals surface area contributed by atoms with E-state index >= 15 is 0 Å². The number of benzene rings is 3. The fourth-order valence-corrected chi connectivity index (χ4v) is 7.10. The van der Waals surface area contributed by atoms with Crippen LogP contribution in [0.3, 0.4) is 0 Å². The van der Waals surface area contributed by atoms with Crippen molar-refractivity contribution in [2.45, 2.75) is 25.4 Å². The lowest BCUT2D eigenvalue weighted by atomic mass is 10.0. The Balaban J connectivity index is 0.931. The van der Waals surface area contributed by atoms with Gasteiger partial charge in [-0.3, -0.25) is 13.9 Å². The second kappa shape index (κ2) is 23.1. The quantitative estimate of drug-likeness (QED) is 0.0288. The Bertz CT molecular complexity index is 2220. The van der Waals surface area contributed by atoms with E-state index in [-0.39, 0.29) is 49.5 Å². The molecule has 4 aromatic rings. The lowest BCUT2D eigenvalue weighted by Crippen LogP contribution is -2.34. The summed E-state index contributed by atoms with van der Waals surface area (Å²) in [5, 5.41) is 21.1. The first-order valence-corrected chi connectivity index (χ1v) is 21.5. The smallest absolute Gasteiger partial charge is 0.371 e. The first-order valence-electron chi connectivity index (χ1n) is 19.7. The van der Waals surface area contributed by atoms with E-state index in [0.717, 1.165) is 30.2 Å². The summed E-state index contributed by atoms with van der Waals surface area (Å²) >= 11 is 0. The number of sulfonamides is 1. The molecule has 1 aromatic heterocycles. The number of rotatable bonds is 28. The number of carbonyl (C=O) groups excluding carboxylic acids is 2. The molecular formula is C43H51FN2O14S. The highest BCUT2D eigenvalue weighted by Crippen LogP contribution is 2.48. The maximum atomic E-state index is 13.7. The van der Waals surface area contributed by atoms with Gasteiger partial charge in [0.25, 0.3) is 5.91 Å². The van der Waals surface area contributed by atoms with Crippen molar-refractivity contribution in [1.82, 2.24) is 5.32 Å². The number of allylic oxidation sites excluding steroid dienone is 1. The summed E-state index contributed by atoms with van der Waals surface area (Å²) in [7, 11) is -2.22. The normalized spacial score (nSPS) is 13.1. The van der Waals surface area contributed by atoms with Crippen molar-refractivity contribution in [3.05, 3.63) is 101 Å². The fraction of sp³-hybridized carbons (Fsp3) is 0.419. The van der Waals surface area contributed by atoms with Crippen LogP contribution in [0.4, 0.5) is 10.1 Å². The first kappa shape index (κ1) is 46.8. The number of anilines is 1. The molecule has 0 bridgehead atoms. The van der Waals surface area contributed by atoms with Gasteiger partial charge in [-0.15, -0.1) is 0 Å². The Labute approximate surface area is 353 Å². The third kappa shape index (κ3) is 14.2. The molecule has 18 heteroatoms. The van der Waals surface area contributed by atoms with Crippen LogP contribution < -0.4 is 9.62 Å². The van der Waals surface area contributed by atoms with E-state index in [9.17, 15) is 32.3 Å². The summed E-state index contributed by atoms with van der Waals surface area (Å²) in [6.07, 6.45) is 3.56. The number of ketones is 1. The van der Waals surface area contributed by atoms with Crippen LogP contribution in [-0.2, 0) is 49.8 Å². The summed E-state index contributed by atoms with van der Waals surface area (Å²) in [4.78, 5) is 35.7. The molecule has 3 N–H and O–H groups in total. The molecule has 61 heavy (non-hydrogen) atoms. The largest absolute Gasteiger partial charge is 0.502 e. The molecule has 330 valence electrons. The molecule has 3 aromatic carbocycles. The minimum absolute atomic E-state index is 0.0488. The predicted octanol–water partition coefficient (Wildman–Crippen LogP) is 5.25. The van der Waals surface area contributed by atoms with E-state index in [2.05, 4.69) is 5.32 Å². The number of ether oxygens (including phenoxy) is 6. The minimum Gasteiger partial charge on any atom is -0.502 e. The molecule has 0 aliphatic heterocycles. The number of aliphatic hydroxyl groups is 1. The van der Waals surface area contributed by atoms with Crippen LogP contribution in [0.5, 0.6) is 0 Å². The Hall–Kier alpha value is -5.21. The molecule has 0 spiro atoms. The third-order valence-corrected chi connectivity index (χ3v) is 10.6. The predicted molar refractivity (Wildman–Crippen MR) is 222 cm³/mol. The molecule has 0 unspecified atom stereocenters. The summed E-state index contributed by atoms with van der Waals surface area (Å²) in [6.45, 7) is 3.89. The van der Waals surface area contributed by atoms with Gasteiger partial charge in [0.2, 0.25) is 15.8 Å². The summed E-state index contributed by atoms with van der Waals surface area (Å²) < 4.78 is 80.8. The number of aliphatic carboxylic acids is 1. The third-order valence-electron chi connectivity index (χ3n) is 9.38. The van der Waals surface area contributed by atoms with Gasteiger partial charge >= 0.3 is 5.97 Å². The number of hydrogen-bond acceptors (Lipinski definition) is 13. The molecule has 5 rings (SSSR count). The van der Waals surface area contributed by atoms with Gasteiger partial charge in [-0.05, 0) is 60.2 Å². The molecule has 1 amide bonds. The number of furan rings is 1. The lowest BCUT2D eigenvalue weighted by Gasteiger charge is -2.25. The molecule has 1 aliphatic rings. The second-order valence-corrected chi connectivity index (χ2v) is 15.8. The molecule has 1 saturated carbocycles. The maximum absolute atomic E-state index is 13.7. The number of fused-ring (bicyclic) bond motifs is 1. The van der Waals surface area contributed by atoms with Crippen LogP contribution in [0, 0.1) is 5.82 Å². The van der Waals surface area contributed by atoms with Gasteiger partial charge in [-0.2, -0.15) is 0 Å². The number of amides is 1. The van der Waals surface area contributed by atoms with Gasteiger partial charge < -0.3 is 48.4 Å². The lowest BCUT2D eigenvalue weighted by molar-refractivity contribution is -0.135. The number of hydrogen-bond donors (Lipinski definition) is 3. The second-order valence-electron chi connectivity index (χ2n) is 13.9. The highest BCUT2D eigenvalue weighted by atomic mass is 32.2. The van der Waals surface area contributed by atoms with Crippen molar-refractivity contribution in [1.29, 1.82) is 0 Å². The molecule has 16 nitrogen and oxygen atoms in total. The van der Waals surface area contributed by atoms with Crippen molar-refractivity contribution >= 4 is 44.3 Å². The zero-order valence-electron chi connectivity index (χ0n) is 34.1. The van der Waals surface area contributed by atoms with Crippen molar-refractivity contribution in [2.24, 2.45) is 0 Å². The van der Waals surface area contributed by atoms with Gasteiger partial charge in [-0.1, -0.05) is 24.3 Å². The summed E-state index contributed by atoms with van der Waals surface area (Å²) in [5.41, 5.74) is 3.45. The van der Waals surface area contributed by atoms with E-state index < -0.39 is 33.4 Å². The van der Waals surface area contributed by atoms with Crippen LogP contribution in [0.1, 0.15) is 50.6 Å². The number of aliphatic hydroxyl groups excluding tert-OH is 1. The molecule has 1 aliphatic carbocycles. The Kier molecular flexibility index (Phi) is 17.8. The molecular weight excluding hydrogens is 820 g/mol. The molecule has 0 atom stereocenters. The minimum atomic E-state index is -3.74. The number of carboxylic acid groups (broad SMARTS) is 1. The van der Waals surface area contributed by atoms with Crippen LogP contribution in [0.2, 0.25) is 0 Å². The monoisotopic (exact) mass is 870 g/mol.